The van der Waals surface area contributed by atoms with Gasteiger partial charge in [0.25, 0.3) is 0 Å². The number of benzene rings is 1. The molecular formula is C14H16N4O3S. The predicted molar refractivity (Wildman–Crippen MR) is 82.6 cm³/mol. The van der Waals surface area contributed by atoms with Gasteiger partial charge in [0.05, 0.1) is 10.9 Å². The number of nitrogens with two attached hydrogens (primary N) is 1. The van der Waals surface area contributed by atoms with Gasteiger partial charge in [-0.25, -0.2) is 18.4 Å². The zero-order valence-corrected chi connectivity index (χ0v) is 12.7. The Bertz CT molecular complexity index is 745. The van der Waals surface area contributed by atoms with Crippen LogP contribution in [0.5, 0.6) is 0 Å². The molecule has 8 heteroatoms. The van der Waals surface area contributed by atoms with E-state index in [1.165, 1.54) is 12.1 Å². The monoisotopic (exact) mass is 320 g/mol. The van der Waals surface area contributed by atoms with E-state index in [0.717, 1.165) is 5.56 Å². The third kappa shape index (κ3) is 4.27. The van der Waals surface area contributed by atoms with Gasteiger partial charge in [0.2, 0.25) is 10.0 Å². The van der Waals surface area contributed by atoms with E-state index in [2.05, 4.69) is 15.6 Å². The SMILES string of the molecule is C[C@@H](NC(=O)Nc1ccncc1)c1ccc(S(N)(=O)=O)cc1. The quantitative estimate of drug-likeness (QED) is 0.794. The first kappa shape index (κ1) is 15.9. The molecule has 0 unspecified atom stereocenters. The van der Waals surface area contributed by atoms with E-state index in [9.17, 15) is 13.2 Å². The third-order valence-corrected chi connectivity index (χ3v) is 3.92. The molecule has 1 atom stereocenters. The average Bonchev–Trinajstić information content (AvgIpc) is 2.47. The van der Waals surface area contributed by atoms with Gasteiger partial charge in [-0.05, 0) is 36.8 Å². The molecule has 0 aliphatic carbocycles. The van der Waals surface area contributed by atoms with Crippen LogP contribution in [0.3, 0.4) is 0 Å². The minimum absolute atomic E-state index is 0.0321. The lowest BCUT2D eigenvalue weighted by molar-refractivity contribution is 0.249. The lowest BCUT2D eigenvalue weighted by Crippen LogP contribution is -2.31. The van der Waals surface area contributed by atoms with E-state index >= 15 is 0 Å². The normalized spacial score (nSPS) is 12.5. The number of hydrogen-bond acceptors (Lipinski definition) is 4. The van der Waals surface area contributed by atoms with E-state index in [-0.39, 0.29) is 17.0 Å². The minimum atomic E-state index is -3.71. The number of anilines is 1. The first-order valence-electron chi connectivity index (χ1n) is 6.46. The number of rotatable bonds is 4. The van der Waals surface area contributed by atoms with Crippen LogP contribution in [0.15, 0.2) is 53.7 Å². The van der Waals surface area contributed by atoms with Crippen LogP contribution in [-0.2, 0) is 10.0 Å². The van der Waals surface area contributed by atoms with Crippen LogP contribution in [-0.4, -0.2) is 19.4 Å². The second-order valence-electron chi connectivity index (χ2n) is 4.67. The highest BCUT2D eigenvalue weighted by Gasteiger charge is 2.12. The van der Waals surface area contributed by atoms with Crippen LogP contribution in [0.1, 0.15) is 18.5 Å². The van der Waals surface area contributed by atoms with E-state index in [4.69, 9.17) is 5.14 Å². The van der Waals surface area contributed by atoms with Crippen LogP contribution in [0.25, 0.3) is 0 Å². The van der Waals surface area contributed by atoms with Crippen molar-refractivity contribution in [3.05, 3.63) is 54.4 Å². The molecule has 0 bridgehead atoms. The largest absolute Gasteiger partial charge is 0.331 e. The first-order chi connectivity index (χ1) is 10.4. The van der Waals surface area contributed by atoms with Crippen LogP contribution < -0.4 is 15.8 Å². The summed E-state index contributed by atoms with van der Waals surface area (Å²) >= 11 is 0. The average molecular weight is 320 g/mol. The van der Waals surface area contributed by atoms with Crippen molar-refractivity contribution >= 4 is 21.7 Å². The maximum Gasteiger partial charge on any atom is 0.319 e. The molecule has 2 rings (SSSR count). The van der Waals surface area contributed by atoms with E-state index in [0.29, 0.717) is 5.69 Å². The lowest BCUT2D eigenvalue weighted by atomic mass is 10.1. The number of nitrogens with one attached hydrogen (secondary N) is 2. The second kappa shape index (κ2) is 6.54. The Morgan fingerprint density at radius 1 is 1.14 bits per heavy atom. The van der Waals surface area contributed by atoms with Gasteiger partial charge in [0.1, 0.15) is 0 Å². The number of carbonyl (C=O) groups is 1. The van der Waals surface area contributed by atoms with Crippen molar-refractivity contribution in [3.8, 4) is 0 Å². The van der Waals surface area contributed by atoms with Crippen LogP contribution in [0.4, 0.5) is 10.5 Å². The number of sulfonamides is 1. The van der Waals surface area contributed by atoms with Gasteiger partial charge in [-0.3, -0.25) is 4.98 Å². The third-order valence-electron chi connectivity index (χ3n) is 2.99. The Labute approximate surface area is 128 Å². The van der Waals surface area contributed by atoms with Gasteiger partial charge in [-0.2, -0.15) is 0 Å². The van der Waals surface area contributed by atoms with Crippen LogP contribution in [0, 0.1) is 0 Å². The van der Waals surface area contributed by atoms with E-state index < -0.39 is 10.0 Å². The summed E-state index contributed by atoms with van der Waals surface area (Å²) in [7, 11) is -3.71. The summed E-state index contributed by atoms with van der Waals surface area (Å²) in [6.07, 6.45) is 3.15. The molecular weight excluding hydrogens is 304 g/mol. The molecule has 4 N–H and O–H groups in total. The van der Waals surface area contributed by atoms with Crippen molar-refractivity contribution in [2.45, 2.75) is 17.9 Å². The Kier molecular flexibility index (Phi) is 4.74. The van der Waals surface area contributed by atoms with Crippen LogP contribution >= 0.6 is 0 Å². The molecule has 0 spiro atoms. The first-order valence-corrected chi connectivity index (χ1v) is 8.01. The predicted octanol–water partition coefficient (Wildman–Crippen LogP) is 1.61. The van der Waals surface area contributed by atoms with Gasteiger partial charge in [-0.1, -0.05) is 12.1 Å². The summed E-state index contributed by atoms with van der Waals surface area (Å²) in [5, 5.41) is 10.5. The van der Waals surface area contributed by atoms with Crippen molar-refractivity contribution in [3.63, 3.8) is 0 Å². The molecule has 7 nitrogen and oxygen atoms in total. The highest BCUT2D eigenvalue weighted by atomic mass is 32.2. The molecule has 2 aromatic rings. The van der Waals surface area contributed by atoms with Gasteiger partial charge >= 0.3 is 6.03 Å². The molecule has 0 aliphatic rings. The van der Waals surface area contributed by atoms with Gasteiger partial charge < -0.3 is 10.6 Å². The maximum atomic E-state index is 11.9. The summed E-state index contributed by atoms with van der Waals surface area (Å²) in [6, 6.07) is 8.71. The van der Waals surface area contributed by atoms with E-state index in [1.807, 2.05) is 0 Å². The Hall–Kier alpha value is -2.45. The summed E-state index contributed by atoms with van der Waals surface area (Å²) in [5.41, 5.74) is 1.39. The topological polar surface area (TPSA) is 114 Å². The molecule has 0 radical (unpaired) electrons. The molecule has 2 amide bonds. The molecule has 116 valence electrons. The Morgan fingerprint density at radius 3 is 2.27 bits per heavy atom. The number of nitrogens with zero attached hydrogens (tertiary/aromatic N) is 1. The summed E-state index contributed by atoms with van der Waals surface area (Å²) < 4.78 is 22.4. The van der Waals surface area contributed by atoms with Crippen molar-refractivity contribution in [1.82, 2.24) is 10.3 Å². The van der Waals surface area contributed by atoms with E-state index in [1.54, 1.807) is 43.6 Å². The number of primary sulfonamides is 1. The fraction of sp³-hybridized carbons (Fsp3) is 0.143. The molecule has 0 aliphatic heterocycles. The number of urea groups is 1. The smallest absolute Gasteiger partial charge is 0.319 e. The number of amides is 2. The standard InChI is InChI=1S/C14H16N4O3S/c1-10(11-2-4-13(5-3-11)22(15,20)21)17-14(19)18-12-6-8-16-9-7-12/h2-10H,1H3,(H2,15,20,21)(H2,16,17,18,19)/t10-/m1/s1. The highest BCUT2D eigenvalue weighted by molar-refractivity contribution is 7.89. The molecule has 0 fully saturated rings. The van der Waals surface area contributed by atoms with Crippen molar-refractivity contribution in [2.24, 2.45) is 5.14 Å². The Balaban J connectivity index is 2.00. The maximum absolute atomic E-state index is 11.9. The summed E-state index contributed by atoms with van der Waals surface area (Å²) in [5.74, 6) is 0. The molecule has 1 heterocycles. The number of carbonyl (C=O) groups excluding carboxylic acids is 1. The number of aromatic nitrogens is 1. The summed E-state index contributed by atoms with van der Waals surface area (Å²) in [6.45, 7) is 1.79. The van der Waals surface area contributed by atoms with Crippen LogP contribution in [0.2, 0.25) is 0 Å². The van der Waals surface area contributed by atoms with Gasteiger partial charge in [0.15, 0.2) is 0 Å². The van der Waals surface area contributed by atoms with Crippen molar-refractivity contribution in [1.29, 1.82) is 0 Å². The summed E-state index contributed by atoms with van der Waals surface area (Å²) in [4.78, 5) is 15.8. The van der Waals surface area contributed by atoms with Crippen molar-refractivity contribution < 1.29 is 13.2 Å². The molecule has 1 aromatic carbocycles. The molecule has 0 saturated heterocycles. The lowest BCUT2D eigenvalue weighted by Gasteiger charge is -2.15. The molecule has 22 heavy (non-hydrogen) atoms. The fourth-order valence-corrected chi connectivity index (χ4v) is 2.34. The zero-order chi connectivity index (χ0) is 16.2. The fourth-order valence-electron chi connectivity index (χ4n) is 1.83. The molecule has 1 aromatic heterocycles. The molecule has 0 saturated carbocycles. The highest BCUT2D eigenvalue weighted by Crippen LogP contribution is 2.15. The minimum Gasteiger partial charge on any atom is -0.331 e. The Morgan fingerprint density at radius 2 is 1.73 bits per heavy atom. The zero-order valence-electron chi connectivity index (χ0n) is 11.9. The van der Waals surface area contributed by atoms with Crippen molar-refractivity contribution in [2.75, 3.05) is 5.32 Å². The second-order valence-corrected chi connectivity index (χ2v) is 6.23. The number of pyridine rings is 1. The van der Waals surface area contributed by atoms with Gasteiger partial charge in [-0.15, -0.1) is 0 Å². The van der Waals surface area contributed by atoms with Gasteiger partial charge in [0, 0.05) is 18.1 Å². The number of hydrogen-bond donors (Lipinski definition) is 3.